The van der Waals surface area contributed by atoms with Gasteiger partial charge in [0.05, 0.1) is 22.9 Å². The molecule has 224 valence electrons. The molecule has 4 aliphatic carbocycles. The minimum absolute atomic E-state index is 0.0146. The van der Waals surface area contributed by atoms with Crippen LogP contribution in [0.25, 0.3) is 0 Å². The first-order valence-electron chi connectivity index (χ1n) is 14.9. The van der Waals surface area contributed by atoms with Crippen molar-refractivity contribution < 1.29 is 33.3 Å². The number of rotatable bonds is 15. The van der Waals surface area contributed by atoms with Gasteiger partial charge in [0.2, 0.25) is 0 Å². The van der Waals surface area contributed by atoms with Gasteiger partial charge in [-0.3, -0.25) is 14.4 Å². The van der Waals surface area contributed by atoms with Crippen molar-refractivity contribution in [2.75, 3.05) is 47.6 Å². The van der Waals surface area contributed by atoms with Gasteiger partial charge in [0.1, 0.15) is 19.3 Å². The van der Waals surface area contributed by atoms with Gasteiger partial charge in [-0.05, 0) is 117 Å². The van der Waals surface area contributed by atoms with Crippen LogP contribution < -0.4 is 0 Å². The fraction of sp³-hybridized carbons (Fsp3) is 0.903. The number of carbonyl (C=O) groups is 3. The molecular formula is C31H53NO7. The Balaban J connectivity index is 1.76. The van der Waals surface area contributed by atoms with Crippen LogP contribution in [0.2, 0.25) is 0 Å². The van der Waals surface area contributed by atoms with Crippen LogP contribution >= 0.6 is 0 Å². The predicted molar refractivity (Wildman–Crippen MR) is 149 cm³/mol. The third kappa shape index (κ3) is 7.75. The van der Waals surface area contributed by atoms with Crippen LogP contribution in [0.15, 0.2) is 0 Å². The van der Waals surface area contributed by atoms with E-state index < -0.39 is 22.2 Å². The molecule has 8 heteroatoms. The van der Waals surface area contributed by atoms with E-state index in [9.17, 15) is 14.4 Å². The molecule has 8 nitrogen and oxygen atoms in total. The highest BCUT2D eigenvalue weighted by Gasteiger charge is 2.53. The van der Waals surface area contributed by atoms with Crippen molar-refractivity contribution in [3.63, 3.8) is 0 Å². The average molecular weight is 552 g/mol. The normalized spacial score (nSPS) is 29.0. The highest BCUT2D eigenvalue weighted by molar-refractivity contribution is 5.82. The van der Waals surface area contributed by atoms with E-state index >= 15 is 0 Å². The number of carbonyl (C=O) groups excluding carboxylic acids is 3. The van der Waals surface area contributed by atoms with Crippen LogP contribution in [0, 0.1) is 39.9 Å². The SMILES string of the molecule is CCC(C)(CC(C)(CC(C)(C)C(=O)OCCN(C)C)C(=O)OCCOC)C(=O)OC1C2CC3CC(C2)CC1C3. The zero-order valence-electron chi connectivity index (χ0n) is 25.7. The molecule has 0 spiro atoms. The van der Waals surface area contributed by atoms with Crippen LogP contribution in [0.3, 0.4) is 0 Å². The summed E-state index contributed by atoms with van der Waals surface area (Å²) in [6, 6.07) is 0. The first kappa shape index (κ1) is 31.9. The maximum atomic E-state index is 13.9. The molecule has 0 aliphatic heterocycles. The minimum Gasteiger partial charge on any atom is -0.464 e. The second kappa shape index (κ2) is 12.9. The van der Waals surface area contributed by atoms with Crippen molar-refractivity contribution in [1.29, 1.82) is 0 Å². The fourth-order valence-corrected chi connectivity index (χ4v) is 7.70. The standard InChI is InChI=1S/C31H53NO7/c1-9-30(4,28(35)39-25-23-15-21-14-22(17-23)18-24(25)16-21)20-31(5,27(34)38-13-12-36-8)19-29(2,3)26(33)37-11-10-32(6)7/h21-25H,9-20H2,1-8H3. The average Bonchev–Trinajstić information content (AvgIpc) is 2.84. The van der Waals surface area contributed by atoms with Crippen molar-refractivity contribution in [2.24, 2.45) is 39.9 Å². The van der Waals surface area contributed by atoms with E-state index in [1.54, 1.807) is 27.9 Å². The molecule has 0 N–H and O–H groups in total. The summed E-state index contributed by atoms with van der Waals surface area (Å²) in [6.45, 7) is 10.5. The Morgan fingerprint density at radius 1 is 0.744 bits per heavy atom. The van der Waals surface area contributed by atoms with Gasteiger partial charge in [0.25, 0.3) is 0 Å². The lowest BCUT2D eigenvalue weighted by atomic mass is 9.55. The Hall–Kier alpha value is -1.67. The van der Waals surface area contributed by atoms with Gasteiger partial charge in [0, 0.05) is 13.7 Å². The Morgan fingerprint density at radius 3 is 1.82 bits per heavy atom. The number of esters is 3. The summed E-state index contributed by atoms with van der Waals surface area (Å²) < 4.78 is 22.6. The molecule has 4 saturated carbocycles. The molecule has 2 atom stereocenters. The lowest BCUT2D eigenvalue weighted by molar-refractivity contribution is -0.185. The predicted octanol–water partition coefficient (Wildman–Crippen LogP) is 4.88. The van der Waals surface area contributed by atoms with E-state index in [0.29, 0.717) is 24.8 Å². The number of nitrogens with zero attached hydrogens (tertiary/aromatic N) is 1. The molecular weight excluding hydrogens is 498 g/mol. The summed E-state index contributed by atoms with van der Waals surface area (Å²) in [6.07, 6.45) is 6.94. The smallest absolute Gasteiger partial charge is 0.312 e. The molecule has 4 bridgehead atoms. The minimum atomic E-state index is -1.11. The number of ether oxygens (including phenoxy) is 4. The van der Waals surface area contributed by atoms with Gasteiger partial charge < -0.3 is 23.8 Å². The summed E-state index contributed by atoms with van der Waals surface area (Å²) in [5.41, 5.74) is -2.96. The Labute approximate surface area is 235 Å². The maximum absolute atomic E-state index is 13.9. The lowest BCUT2D eigenvalue weighted by Crippen LogP contribution is -2.52. The second-order valence-electron chi connectivity index (χ2n) is 14.1. The van der Waals surface area contributed by atoms with Crippen molar-refractivity contribution in [2.45, 2.75) is 92.1 Å². The van der Waals surface area contributed by atoms with Gasteiger partial charge in [-0.2, -0.15) is 0 Å². The molecule has 0 aromatic rings. The second-order valence-corrected chi connectivity index (χ2v) is 14.1. The Kier molecular flexibility index (Phi) is 10.5. The molecule has 0 saturated heterocycles. The number of likely N-dealkylation sites (N-methyl/N-ethyl adjacent to an activating group) is 1. The molecule has 0 heterocycles. The highest BCUT2D eigenvalue weighted by Crippen LogP contribution is 2.55. The third-order valence-corrected chi connectivity index (χ3v) is 9.61. The Morgan fingerprint density at radius 2 is 1.31 bits per heavy atom. The van der Waals surface area contributed by atoms with E-state index in [1.165, 1.54) is 32.1 Å². The summed E-state index contributed by atoms with van der Waals surface area (Å²) in [7, 11) is 5.38. The molecule has 0 amide bonds. The van der Waals surface area contributed by atoms with Gasteiger partial charge in [0.15, 0.2) is 0 Å². The monoisotopic (exact) mass is 551 g/mol. The molecule has 0 aromatic heterocycles. The van der Waals surface area contributed by atoms with Crippen molar-refractivity contribution in [3.8, 4) is 0 Å². The van der Waals surface area contributed by atoms with Crippen LogP contribution in [0.5, 0.6) is 0 Å². The van der Waals surface area contributed by atoms with E-state index in [4.69, 9.17) is 18.9 Å². The lowest BCUT2D eigenvalue weighted by Gasteiger charge is -2.54. The third-order valence-electron chi connectivity index (χ3n) is 9.61. The molecule has 0 aromatic carbocycles. The summed E-state index contributed by atoms with van der Waals surface area (Å²) in [4.78, 5) is 42.4. The van der Waals surface area contributed by atoms with Gasteiger partial charge >= 0.3 is 17.9 Å². The van der Waals surface area contributed by atoms with Crippen LogP contribution in [-0.2, 0) is 33.3 Å². The highest BCUT2D eigenvalue weighted by atomic mass is 16.6. The van der Waals surface area contributed by atoms with Crippen LogP contribution in [0.1, 0.15) is 86.0 Å². The number of hydrogen-bond donors (Lipinski definition) is 0. The zero-order chi connectivity index (χ0) is 29.0. The van der Waals surface area contributed by atoms with E-state index in [1.807, 2.05) is 32.8 Å². The topological polar surface area (TPSA) is 91.4 Å². The van der Waals surface area contributed by atoms with Crippen LogP contribution in [-0.4, -0.2) is 76.5 Å². The summed E-state index contributed by atoms with van der Waals surface area (Å²) in [5, 5.41) is 0. The first-order chi connectivity index (χ1) is 18.2. The van der Waals surface area contributed by atoms with Gasteiger partial charge in [-0.15, -0.1) is 0 Å². The van der Waals surface area contributed by atoms with E-state index in [0.717, 1.165) is 11.8 Å². The van der Waals surface area contributed by atoms with Crippen molar-refractivity contribution in [1.82, 2.24) is 4.90 Å². The molecule has 0 radical (unpaired) electrons. The fourth-order valence-electron chi connectivity index (χ4n) is 7.70. The molecule has 4 rings (SSSR count). The molecule has 4 aliphatic rings. The quantitative estimate of drug-likeness (QED) is 0.162. The summed E-state index contributed by atoms with van der Waals surface area (Å²) >= 11 is 0. The maximum Gasteiger partial charge on any atom is 0.312 e. The van der Waals surface area contributed by atoms with Gasteiger partial charge in [-0.1, -0.05) is 6.92 Å². The molecule has 4 fully saturated rings. The number of hydrogen-bond acceptors (Lipinski definition) is 8. The first-order valence-corrected chi connectivity index (χ1v) is 14.9. The van der Waals surface area contributed by atoms with E-state index in [2.05, 4.69) is 0 Å². The van der Waals surface area contributed by atoms with Crippen molar-refractivity contribution >= 4 is 17.9 Å². The largest absolute Gasteiger partial charge is 0.464 e. The summed E-state index contributed by atoms with van der Waals surface area (Å²) in [5.74, 6) is 1.49. The van der Waals surface area contributed by atoms with Gasteiger partial charge in [-0.25, -0.2) is 0 Å². The number of methoxy groups -OCH3 is 1. The zero-order valence-corrected chi connectivity index (χ0v) is 25.7. The van der Waals surface area contributed by atoms with E-state index in [-0.39, 0.29) is 50.7 Å². The molecule has 2 unspecified atom stereocenters. The van der Waals surface area contributed by atoms with Crippen LogP contribution in [0.4, 0.5) is 0 Å². The Bertz CT molecular complexity index is 843. The van der Waals surface area contributed by atoms with Crippen molar-refractivity contribution in [3.05, 3.63) is 0 Å². The molecule has 39 heavy (non-hydrogen) atoms.